The highest BCUT2D eigenvalue weighted by atomic mass is 32.2. The Hall–Kier alpha value is -2.13. The summed E-state index contributed by atoms with van der Waals surface area (Å²) in [7, 11) is 1.65. The smallest absolute Gasteiger partial charge is 0.239 e. The molecule has 176 valence electrons. The van der Waals surface area contributed by atoms with E-state index < -0.39 is 0 Å². The molecule has 0 N–H and O–H groups in total. The lowest BCUT2D eigenvalue weighted by molar-refractivity contribution is -0.116. The molecule has 1 saturated heterocycles. The minimum Gasteiger partial charge on any atom is -0.497 e. The molecule has 1 aromatic heterocycles. The first-order valence-corrected chi connectivity index (χ1v) is 13.2. The van der Waals surface area contributed by atoms with E-state index in [-0.39, 0.29) is 5.91 Å². The minimum atomic E-state index is 0.0903. The van der Waals surface area contributed by atoms with E-state index in [0.717, 1.165) is 71.7 Å². The van der Waals surface area contributed by atoms with Gasteiger partial charge in [-0.15, -0.1) is 11.8 Å². The molecule has 1 aliphatic rings. The van der Waals surface area contributed by atoms with Gasteiger partial charge >= 0.3 is 0 Å². The summed E-state index contributed by atoms with van der Waals surface area (Å²) in [5.41, 5.74) is 2.25. The third kappa shape index (κ3) is 6.47. The number of methoxy groups -OCH3 is 1. The first kappa shape index (κ1) is 24.0. The van der Waals surface area contributed by atoms with Gasteiger partial charge < -0.3 is 9.47 Å². The molecule has 0 atom stereocenters. The third-order valence-corrected chi connectivity index (χ3v) is 7.80. The largest absolute Gasteiger partial charge is 0.497 e. The molecular weight excluding hydrogens is 454 g/mol. The van der Waals surface area contributed by atoms with E-state index in [1.807, 2.05) is 29.2 Å². The van der Waals surface area contributed by atoms with Crippen LogP contribution in [0.4, 0.5) is 5.13 Å². The average molecular weight is 486 g/mol. The number of thioether (sulfide) groups is 1. The number of hydrogen-bond acceptors (Lipinski definition) is 7. The summed E-state index contributed by atoms with van der Waals surface area (Å²) in [4.78, 5) is 23.5. The number of carbonyl (C=O) groups is 1. The molecule has 6 nitrogen and oxygen atoms in total. The zero-order valence-corrected chi connectivity index (χ0v) is 20.9. The second kappa shape index (κ2) is 11.8. The number of anilines is 1. The lowest BCUT2D eigenvalue weighted by Gasteiger charge is -2.27. The summed E-state index contributed by atoms with van der Waals surface area (Å²) in [5, 5.41) is 0.792. The van der Waals surface area contributed by atoms with Crippen LogP contribution in [0, 0.1) is 0 Å². The van der Waals surface area contributed by atoms with Crippen molar-refractivity contribution in [3.05, 3.63) is 48.0 Å². The maximum absolute atomic E-state index is 13.3. The Morgan fingerprint density at radius 3 is 2.73 bits per heavy atom. The van der Waals surface area contributed by atoms with Gasteiger partial charge in [-0.05, 0) is 54.8 Å². The Bertz CT molecular complexity index is 1050. The van der Waals surface area contributed by atoms with Gasteiger partial charge in [0, 0.05) is 31.1 Å². The topological polar surface area (TPSA) is 54.9 Å². The standard InChI is InChI=1S/C25H31N3O3S2/c1-3-19-5-10-22-23(17-19)33-25(26-22)28(12-4-11-27-13-15-31-16-14-27)24(29)18-32-21-8-6-20(30-2)7-9-21/h5-10,17H,3-4,11-16,18H2,1-2H3. The number of benzene rings is 2. The van der Waals surface area contributed by atoms with Gasteiger partial charge in [-0.25, -0.2) is 4.98 Å². The maximum atomic E-state index is 13.3. The fraction of sp³-hybridized carbons (Fsp3) is 0.440. The van der Waals surface area contributed by atoms with Gasteiger partial charge in [0.2, 0.25) is 5.91 Å². The van der Waals surface area contributed by atoms with Crippen LogP contribution >= 0.6 is 23.1 Å². The molecular formula is C25H31N3O3S2. The van der Waals surface area contributed by atoms with Crippen LogP contribution in [0.3, 0.4) is 0 Å². The summed E-state index contributed by atoms with van der Waals surface area (Å²) in [5.74, 6) is 1.28. The number of carbonyl (C=O) groups excluding carboxylic acids is 1. The summed E-state index contributed by atoms with van der Waals surface area (Å²) in [6, 6.07) is 14.2. The van der Waals surface area contributed by atoms with Crippen molar-refractivity contribution < 1.29 is 14.3 Å². The van der Waals surface area contributed by atoms with Gasteiger partial charge in [0.05, 0.1) is 36.3 Å². The molecule has 0 spiro atoms. The Kier molecular flexibility index (Phi) is 8.61. The first-order valence-electron chi connectivity index (χ1n) is 11.4. The van der Waals surface area contributed by atoms with E-state index in [1.165, 1.54) is 5.56 Å². The zero-order valence-electron chi connectivity index (χ0n) is 19.3. The van der Waals surface area contributed by atoms with Crippen molar-refractivity contribution >= 4 is 44.4 Å². The number of nitrogens with zero attached hydrogens (tertiary/aromatic N) is 3. The van der Waals surface area contributed by atoms with Crippen LogP contribution in [0.5, 0.6) is 5.75 Å². The number of aryl methyl sites for hydroxylation is 1. The predicted octanol–water partition coefficient (Wildman–Crippen LogP) is 4.71. The molecule has 1 fully saturated rings. The number of rotatable bonds is 10. The van der Waals surface area contributed by atoms with Gasteiger partial charge in [0.15, 0.2) is 5.13 Å². The molecule has 1 aliphatic heterocycles. The van der Waals surface area contributed by atoms with Crippen LogP contribution in [-0.2, 0) is 16.0 Å². The van der Waals surface area contributed by atoms with Crippen molar-refractivity contribution in [3.63, 3.8) is 0 Å². The SMILES string of the molecule is CCc1ccc2nc(N(CCCN3CCOCC3)C(=O)CSc3ccc(OC)cc3)sc2c1. The van der Waals surface area contributed by atoms with Gasteiger partial charge in [0.25, 0.3) is 0 Å². The molecule has 0 saturated carbocycles. The molecule has 0 aliphatic carbocycles. The number of hydrogen-bond donors (Lipinski definition) is 0. The van der Waals surface area contributed by atoms with Crippen molar-refractivity contribution in [3.8, 4) is 5.75 Å². The molecule has 33 heavy (non-hydrogen) atoms. The van der Waals surface area contributed by atoms with Gasteiger partial charge in [-0.1, -0.05) is 24.3 Å². The van der Waals surface area contributed by atoms with E-state index in [2.05, 4.69) is 30.0 Å². The number of aromatic nitrogens is 1. The highest BCUT2D eigenvalue weighted by Crippen LogP contribution is 2.31. The molecule has 1 amide bonds. The Labute approximate surface area is 203 Å². The van der Waals surface area contributed by atoms with Crippen molar-refractivity contribution in [1.82, 2.24) is 9.88 Å². The molecule has 0 unspecified atom stereocenters. The molecule has 4 rings (SSSR count). The maximum Gasteiger partial charge on any atom is 0.239 e. The highest BCUT2D eigenvalue weighted by molar-refractivity contribution is 8.00. The quantitative estimate of drug-likeness (QED) is 0.388. The lowest BCUT2D eigenvalue weighted by Crippen LogP contribution is -2.39. The number of thiazole rings is 1. The predicted molar refractivity (Wildman–Crippen MR) is 137 cm³/mol. The van der Waals surface area contributed by atoms with Crippen molar-refractivity contribution in [2.24, 2.45) is 0 Å². The van der Waals surface area contributed by atoms with Crippen LogP contribution in [0.15, 0.2) is 47.4 Å². The van der Waals surface area contributed by atoms with E-state index in [9.17, 15) is 4.79 Å². The van der Waals surface area contributed by atoms with E-state index in [0.29, 0.717) is 12.3 Å². The first-order chi connectivity index (χ1) is 16.2. The van der Waals surface area contributed by atoms with Crippen LogP contribution in [0.1, 0.15) is 18.9 Å². The fourth-order valence-corrected chi connectivity index (χ4v) is 5.64. The summed E-state index contributed by atoms with van der Waals surface area (Å²) < 4.78 is 11.8. The van der Waals surface area contributed by atoms with Crippen LogP contribution in [0.25, 0.3) is 10.2 Å². The van der Waals surface area contributed by atoms with E-state index in [4.69, 9.17) is 14.5 Å². The number of fused-ring (bicyclic) bond motifs is 1. The monoisotopic (exact) mass is 485 g/mol. The molecule has 3 aromatic rings. The normalized spacial score (nSPS) is 14.5. The van der Waals surface area contributed by atoms with Gasteiger partial charge in [0.1, 0.15) is 5.75 Å². The molecule has 0 radical (unpaired) electrons. The highest BCUT2D eigenvalue weighted by Gasteiger charge is 2.21. The van der Waals surface area contributed by atoms with Crippen LogP contribution < -0.4 is 9.64 Å². The van der Waals surface area contributed by atoms with Crippen LogP contribution in [0.2, 0.25) is 0 Å². The number of ether oxygens (including phenoxy) is 2. The molecule has 2 aromatic carbocycles. The second-order valence-corrected chi connectivity index (χ2v) is 10.0. The lowest BCUT2D eigenvalue weighted by atomic mass is 10.2. The van der Waals surface area contributed by atoms with Crippen molar-refractivity contribution in [2.75, 3.05) is 57.2 Å². The summed E-state index contributed by atoms with van der Waals surface area (Å²) in [6.07, 6.45) is 1.90. The Morgan fingerprint density at radius 2 is 2.00 bits per heavy atom. The fourth-order valence-electron chi connectivity index (χ4n) is 3.79. The number of morpholine rings is 1. The zero-order chi connectivity index (χ0) is 23.0. The molecule has 0 bridgehead atoms. The molecule has 2 heterocycles. The van der Waals surface area contributed by atoms with Crippen molar-refractivity contribution in [1.29, 1.82) is 0 Å². The molecule has 8 heteroatoms. The Balaban J connectivity index is 1.46. The Morgan fingerprint density at radius 1 is 1.21 bits per heavy atom. The summed E-state index contributed by atoms with van der Waals surface area (Å²) >= 11 is 3.16. The van der Waals surface area contributed by atoms with Crippen LogP contribution in [-0.4, -0.2) is 68.0 Å². The van der Waals surface area contributed by atoms with E-state index >= 15 is 0 Å². The van der Waals surface area contributed by atoms with E-state index in [1.54, 1.807) is 30.2 Å². The van der Waals surface area contributed by atoms with Crippen molar-refractivity contribution in [2.45, 2.75) is 24.7 Å². The second-order valence-electron chi connectivity index (χ2n) is 7.97. The number of amides is 1. The van der Waals surface area contributed by atoms with Gasteiger partial charge in [-0.2, -0.15) is 0 Å². The third-order valence-electron chi connectivity index (χ3n) is 5.76. The average Bonchev–Trinajstić information content (AvgIpc) is 3.29. The summed E-state index contributed by atoms with van der Waals surface area (Å²) in [6.45, 7) is 7.28. The minimum absolute atomic E-state index is 0.0903. The van der Waals surface area contributed by atoms with Gasteiger partial charge in [-0.3, -0.25) is 14.6 Å².